The summed E-state index contributed by atoms with van der Waals surface area (Å²) in [5, 5.41) is 2.52. The maximum Gasteiger partial charge on any atom is 0.326 e. The largest absolute Gasteiger partial charge is 0.326 e. The number of aromatic amines is 2. The molecule has 3 N–H and O–H groups in total. The van der Waals surface area contributed by atoms with Gasteiger partial charge in [-0.3, -0.25) is 14.6 Å². The molecule has 0 aliphatic carbocycles. The number of rotatable bonds is 2. The molecule has 0 aliphatic rings. The summed E-state index contributed by atoms with van der Waals surface area (Å²) in [6.07, 6.45) is 1.47. The number of halogens is 2. The molecule has 7 nitrogen and oxygen atoms in total. The van der Waals surface area contributed by atoms with Crippen LogP contribution in [0.25, 0.3) is 0 Å². The van der Waals surface area contributed by atoms with Crippen molar-refractivity contribution in [2.45, 2.75) is 0 Å². The number of nitrogens with one attached hydrogen (secondary N) is 3. The van der Waals surface area contributed by atoms with Crippen LogP contribution in [-0.2, 0) is 0 Å². The lowest BCUT2D eigenvalue weighted by Crippen LogP contribution is -2.27. The molecule has 2 aromatic heterocycles. The first-order valence-electron chi connectivity index (χ1n) is 4.92. The third-order valence-electron chi connectivity index (χ3n) is 2.06. The van der Waals surface area contributed by atoms with E-state index in [9.17, 15) is 14.4 Å². The highest BCUT2D eigenvalue weighted by molar-refractivity contribution is 9.10. The summed E-state index contributed by atoms with van der Waals surface area (Å²) in [5.74, 6) is -0.676. The van der Waals surface area contributed by atoms with E-state index in [1.54, 1.807) is 6.07 Å². The van der Waals surface area contributed by atoms with E-state index in [4.69, 9.17) is 11.6 Å². The second kappa shape index (κ2) is 5.37. The van der Waals surface area contributed by atoms with Crippen LogP contribution >= 0.6 is 27.5 Å². The molecule has 0 unspecified atom stereocenters. The maximum atomic E-state index is 11.8. The van der Waals surface area contributed by atoms with Crippen molar-refractivity contribution < 1.29 is 4.79 Å². The van der Waals surface area contributed by atoms with Gasteiger partial charge in [0.25, 0.3) is 11.5 Å². The number of carbonyl (C=O) groups is 1. The molecule has 19 heavy (non-hydrogen) atoms. The fraction of sp³-hybridized carbons (Fsp3) is 0. The highest BCUT2D eigenvalue weighted by atomic mass is 79.9. The summed E-state index contributed by atoms with van der Waals surface area (Å²) in [4.78, 5) is 42.0. The summed E-state index contributed by atoms with van der Waals surface area (Å²) < 4.78 is 0.617. The van der Waals surface area contributed by atoms with Crippen molar-refractivity contribution >= 4 is 39.1 Å². The highest BCUT2D eigenvalue weighted by Crippen LogP contribution is 2.23. The Hall–Kier alpha value is -1.93. The Labute approximate surface area is 119 Å². The van der Waals surface area contributed by atoms with Gasteiger partial charge in [0.05, 0.1) is 5.69 Å². The zero-order chi connectivity index (χ0) is 14.0. The third-order valence-corrected chi connectivity index (χ3v) is 2.79. The van der Waals surface area contributed by atoms with Gasteiger partial charge in [-0.1, -0.05) is 11.6 Å². The molecule has 0 radical (unpaired) electrons. The SMILES string of the molecule is O=C(Nc1cc(Br)cnc1Cl)c1cc(=O)[nH]c(=O)[nH]1. The lowest BCUT2D eigenvalue weighted by atomic mass is 10.3. The summed E-state index contributed by atoms with van der Waals surface area (Å²) in [6.45, 7) is 0. The Balaban J connectivity index is 2.33. The van der Waals surface area contributed by atoms with E-state index in [2.05, 4.69) is 31.2 Å². The van der Waals surface area contributed by atoms with E-state index in [1.807, 2.05) is 4.98 Å². The van der Waals surface area contributed by atoms with E-state index in [0.717, 1.165) is 6.07 Å². The Morgan fingerprint density at radius 2 is 2.05 bits per heavy atom. The molecular weight excluding hydrogens is 339 g/mol. The van der Waals surface area contributed by atoms with Gasteiger partial charge in [-0.25, -0.2) is 9.78 Å². The number of nitrogens with zero attached hydrogens (tertiary/aromatic N) is 1. The van der Waals surface area contributed by atoms with Crippen molar-refractivity contribution in [2.75, 3.05) is 5.32 Å². The van der Waals surface area contributed by atoms with Gasteiger partial charge in [0.2, 0.25) is 0 Å². The van der Waals surface area contributed by atoms with Crippen LogP contribution < -0.4 is 16.6 Å². The molecule has 2 rings (SSSR count). The van der Waals surface area contributed by atoms with Crippen LogP contribution in [0, 0.1) is 0 Å². The first kappa shape index (κ1) is 13.5. The molecule has 98 valence electrons. The van der Waals surface area contributed by atoms with E-state index in [0.29, 0.717) is 4.47 Å². The molecular formula is C10H6BrClN4O3. The molecule has 0 saturated heterocycles. The Morgan fingerprint density at radius 3 is 2.74 bits per heavy atom. The first-order valence-corrected chi connectivity index (χ1v) is 6.09. The second-order valence-corrected chi connectivity index (χ2v) is 4.72. The first-order chi connectivity index (χ1) is 8.95. The second-order valence-electron chi connectivity index (χ2n) is 3.45. The van der Waals surface area contributed by atoms with E-state index < -0.39 is 17.2 Å². The number of anilines is 1. The van der Waals surface area contributed by atoms with Gasteiger partial charge in [-0.05, 0) is 22.0 Å². The standard InChI is InChI=1S/C10H6BrClN4O3/c11-4-1-5(8(12)13-3-4)14-9(18)6-2-7(17)16-10(19)15-6/h1-3H,(H,14,18)(H2,15,16,17,19). The van der Waals surface area contributed by atoms with Gasteiger partial charge in [0.15, 0.2) is 5.15 Å². The minimum Gasteiger partial charge on any atom is -0.318 e. The number of H-pyrrole nitrogens is 2. The summed E-state index contributed by atoms with van der Waals surface area (Å²) in [7, 11) is 0. The van der Waals surface area contributed by atoms with Crippen LogP contribution in [0.1, 0.15) is 10.5 Å². The summed E-state index contributed by atoms with van der Waals surface area (Å²) >= 11 is 8.98. The Bertz CT molecular complexity index is 727. The number of hydrogen-bond acceptors (Lipinski definition) is 4. The lowest BCUT2D eigenvalue weighted by molar-refractivity contribution is 0.102. The summed E-state index contributed by atoms with van der Waals surface area (Å²) in [5.41, 5.74) is -1.37. The fourth-order valence-electron chi connectivity index (χ4n) is 1.29. The molecule has 9 heteroatoms. The molecule has 0 fully saturated rings. The topological polar surface area (TPSA) is 108 Å². The Kier molecular flexibility index (Phi) is 3.82. The molecule has 0 spiro atoms. The zero-order valence-electron chi connectivity index (χ0n) is 9.16. The molecule has 0 aliphatic heterocycles. The van der Waals surface area contributed by atoms with Crippen LogP contribution in [0.4, 0.5) is 5.69 Å². The van der Waals surface area contributed by atoms with E-state index in [-0.39, 0.29) is 16.5 Å². The third kappa shape index (κ3) is 3.30. The smallest absolute Gasteiger partial charge is 0.318 e. The Morgan fingerprint density at radius 1 is 1.32 bits per heavy atom. The van der Waals surface area contributed by atoms with Crippen LogP contribution in [0.15, 0.2) is 32.4 Å². The maximum absolute atomic E-state index is 11.8. The van der Waals surface area contributed by atoms with Crippen molar-refractivity contribution in [1.29, 1.82) is 0 Å². The van der Waals surface area contributed by atoms with Gasteiger partial charge in [0, 0.05) is 16.7 Å². The molecule has 0 aromatic carbocycles. The van der Waals surface area contributed by atoms with Gasteiger partial charge < -0.3 is 10.3 Å². The average molecular weight is 346 g/mol. The molecule has 2 aromatic rings. The van der Waals surface area contributed by atoms with Crippen molar-refractivity contribution in [2.24, 2.45) is 0 Å². The number of amides is 1. The van der Waals surface area contributed by atoms with E-state index in [1.165, 1.54) is 6.20 Å². The summed E-state index contributed by atoms with van der Waals surface area (Å²) in [6, 6.07) is 2.51. The van der Waals surface area contributed by atoms with Crippen LogP contribution in [0.2, 0.25) is 5.15 Å². The fourth-order valence-corrected chi connectivity index (χ4v) is 1.77. The predicted octanol–water partition coefficient (Wildman–Crippen LogP) is 1.13. The van der Waals surface area contributed by atoms with E-state index >= 15 is 0 Å². The predicted molar refractivity (Wildman–Crippen MR) is 72.6 cm³/mol. The van der Waals surface area contributed by atoms with Gasteiger partial charge >= 0.3 is 5.69 Å². The quantitative estimate of drug-likeness (QED) is 0.709. The molecule has 0 saturated carbocycles. The monoisotopic (exact) mass is 344 g/mol. The highest BCUT2D eigenvalue weighted by Gasteiger charge is 2.11. The molecule has 0 atom stereocenters. The molecule has 2 heterocycles. The number of aromatic nitrogens is 3. The van der Waals surface area contributed by atoms with Crippen LogP contribution in [0.3, 0.4) is 0 Å². The number of pyridine rings is 1. The minimum atomic E-state index is -0.767. The minimum absolute atomic E-state index is 0.0868. The van der Waals surface area contributed by atoms with Gasteiger partial charge in [-0.15, -0.1) is 0 Å². The van der Waals surface area contributed by atoms with Crippen molar-refractivity contribution in [1.82, 2.24) is 15.0 Å². The van der Waals surface area contributed by atoms with Crippen LogP contribution in [0.5, 0.6) is 0 Å². The van der Waals surface area contributed by atoms with Crippen molar-refractivity contribution in [3.63, 3.8) is 0 Å². The number of carbonyl (C=O) groups excluding carboxylic acids is 1. The number of hydrogen-bond donors (Lipinski definition) is 3. The normalized spacial score (nSPS) is 10.2. The van der Waals surface area contributed by atoms with Crippen LogP contribution in [-0.4, -0.2) is 20.9 Å². The zero-order valence-corrected chi connectivity index (χ0v) is 11.5. The lowest BCUT2D eigenvalue weighted by Gasteiger charge is -2.06. The van der Waals surface area contributed by atoms with Gasteiger partial charge in [-0.2, -0.15) is 0 Å². The van der Waals surface area contributed by atoms with Gasteiger partial charge in [0.1, 0.15) is 5.69 Å². The average Bonchev–Trinajstić information content (AvgIpc) is 2.32. The molecule has 1 amide bonds. The van der Waals surface area contributed by atoms with Crippen molar-refractivity contribution in [3.8, 4) is 0 Å². The van der Waals surface area contributed by atoms with Crippen molar-refractivity contribution in [3.05, 3.63) is 54.5 Å². The molecule has 0 bridgehead atoms.